The minimum Gasteiger partial charge on any atom is -0.469 e. The molecule has 1 aromatic carbocycles. The summed E-state index contributed by atoms with van der Waals surface area (Å²) in [7, 11) is 1.37. The molecule has 2 rings (SSSR count). The van der Waals surface area contributed by atoms with Gasteiger partial charge in [0.15, 0.2) is 0 Å². The Kier molecular flexibility index (Phi) is 6.46. The van der Waals surface area contributed by atoms with E-state index in [1.54, 1.807) is 24.3 Å². The zero-order valence-electron chi connectivity index (χ0n) is 13.8. The highest BCUT2D eigenvalue weighted by Crippen LogP contribution is 2.29. The van der Waals surface area contributed by atoms with Gasteiger partial charge in [-0.05, 0) is 43.0 Å². The van der Waals surface area contributed by atoms with E-state index in [1.807, 2.05) is 4.90 Å². The lowest BCUT2D eigenvalue weighted by Crippen LogP contribution is -2.46. The lowest BCUT2D eigenvalue weighted by Gasteiger charge is -2.38. The third-order valence-corrected chi connectivity index (χ3v) is 4.86. The number of benzene rings is 1. The molecule has 0 radical (unpaired) electrons. The largest absolute Gasteiger partial charge is 0.469 e. The summed E-state index contributed by atoms with van der Waals surface area (Å²) in [6, 6.07) is 7.10. The lowest BCUT2D eigenvalue weighted by molar-refractivity contribution is -0.141. The third-order valence-electron chi connectivity index (χ3n) is 4.60. The van der Waals surface area contributed by atoms with Gasteiger partial charge >= 0.3 is 5.97 Å². The summed E-state index contributed by atoms with van der Waals surface area (Å²) < 4.78 is 4.72. The summed E-state index contributed by atoms with van der Waals surface area (Å²) in [6.07, 6.45) is 4.66. The standard InChI is InChI=1S/C18H24ClNO3/c1-13-5-3-4-6-16(13)20(12-11-17(21)23-2)18(22)14-7-9-15(19)10-8-14/h7-10,13,16H,3-6,11-12H2,1-2H3. The van der Waals surface area contributed by atoms with Crippen molar-refractivity contribution in [3.05, 3.63) is 34.9 Å². The van der Waals surface area contributed by atoms with Gasteiger partial charge in [0.2, 0.25) is 0 Å². The topological polar surface area (TPSA) is 46.6 Å². The van der Waals surface area contributed by atoms with Crippen LogP contribution in [0.25, 0.3) is 0 Å². The number of hydrogen-bond acceptors (Lipinski definition) is 3. The molecule has 2 unspecified atom stereocenters. The second-order valence-electron chi connectivity index (χ2n) is 6.16. The maximum Gasteiger partial charge on any atom is 0.307 e. The van der Waals surface area contributed by atoms with Crippen LogP contribution in [0.15, 0.2) is 24.3 Å². The van der Waals surface area contributed by atoms with Gasteiger partial charge in [-0.2, -0.15) is 0 Å². The van der Waals surface area contributed by atoms with E-state index >= 15 is 0 Å². The average Bonchev–Trinajstić information content (AvgIpc) is 2.56. The van der Waals surface area contributed by atoms with Crippen molar-refractivity contribution < 1.29 is 14.3 Å². The first-order valence-electron chi connectivity index (χ1n) is 8.16. The van der Waals surface area contributed by atoms with Crippen LogP contribution in [0, 0.1) is 5.92 Å². The van der Waals surface area contributed by atoms with Crippen LogP contribution in [-0.2, 0) is 9.53 Å². The number of hydrogen-bond donors (Lipinski definition) is 0. The van der Waals surface area contributed by atoms with Crippen LogP contribution >= 0.6 is 11.6 Å². The summed E-state index contributed by atoms with van der Waals surface area (Å²) >= 11 is 5.90. The number of carbonyl (C=O) groups excluding carboxylic acids is 2. The number of amides is 1. The van der Waals surface area contributed by atoms with Crippen molar-refractivity contribution in [1.82, 2.24) is 4.90 Å². The molecule has 0 aromatic heterocycles. The van der Waals surface area contributed by atoms with Crippen molar-refractivity contribution in [2.24, 2.45) is 5.92 Å². The predicted octanol–water partition coefficient (Wildman–Crippen LogP) is 3.92. The van der Waals surface area contributed by atoms with Gasteiger partial charge in [-0.3, -0.25) is 9.59 Å². The van der Waals surface area contributed by atoms with Crippen molar-refractivity contribution in [1.29, 1.82) is 0 Å². The van der Waals surface area contributed by atoms with Crippen LogP contribution in [0.3, 0.4) is 0 Å². The summed E-state index contributed by atoms with van der Waals surface area (Å²) in [6.45, 7) is 2.58. The third kappa shape index (κ3) is 4.71. The van der Waals surface area contributed by atoms with Crippen molar-refractivity contribution >= 4 is 23.5 Å². The van der Waals surface area contributed by atoms with E-state index in [9.17, 15) is 9.59 Å². The molecule has 1 aromatic rings. The Hall–Kier alpha value is -1.55. The van der Waals surface area contributed by atoms with Crippen LogP contribution in [0.2, 0.25) is 5.02 Å². The smallest absolute Gasteiger partial charge is 0.307 e. The zero-order chi connectivity index (χ0) is 16.8. The number of esters is 1. The highest BCUT2D eigenvalue weighted by Gasteiger charge is 2.31. The molecule has 23 heavy (non-hydrogen) atoms. The van der Waals surface area contributed by atoms with E-state index in [0.29, 0.717) is 23.0 Å². The maximum atomic E-state index is 12.9. The molecule has 2 atom stereocenters. The molecular formula is C18H24ClNO3. The van der Waals surface area contributed by atoms with E-state index < -0.39 is 0 Å². The number of halogens is 1. The molecule has 0 saturated heterocycles. The first-order chi connectivity index (χ1) is 11.0. The van der Waals surface area contributed by atoms with Gasteiger partial charge in [0.1, 0.15) is 0 Å². The molecule has 1 aliphatic rings. The van der Waals surface area contributed by atoms with Gasteiger partial charge in [0.05, 0.1) is 13.5 Å². The van der Waals surface area contributed by atoms with Crippen LogP contribution in [-0.4, -0.2) is 36.5 Å². The molecule has 0 spiro atoms. The second-order valence-corrected chi connectivity index (χ2v) is 6.60. The molecule has 4 nitrogen and oxygen atoms in total. The lowest BCUT2D eigenvalue weighted by atomic mass is 9.84. The summed E-state index contributed by atoms with van der Waals surface area (Å²) in [5, 5.41) is 0.605. The number of ether oxygens (including phenoxy) is 1. The number of carbonyl (C=O) groups is 2. The molecule has 0 heterocycles. The van der Waals surface area contributed by atoms with E-state index in [2.05, 4.69) is 6.92 Å². The Morgan fingerprint density at radius 2 is 1.87 bits per heavy atom. The van der Waals surface area contributed by atoms with Gasteiger partial charge in [-0.25, -0.2) is 0 Å². The molecule has 0 N–H and O–H groups in total. The number of rotatable bonds is 5. The molecular weight excluding hydrogens is 314 g/mol. The Labute approximate surface area is 142 Å². The average molecular weight is 338 g/mol. The Morgan fingerprint density at radius 1 is 1.22 bits per heavy atom. The van der Waals surface area contributed by atoms with Crippen molar-refractivity contribution in [3.8, 4) is 0 Å². The Balaban J connectivity index is 2.18. The van der Waals surface area contributed by atoms with E-state index in [-0.39, 0.29) is 24.3 Å². The highest BCUT2D eigenvalue weighted by molar-refractivity contribution is 6.30. The fourth-order valence-corrected chi connectivity index (χ4v) is 3.38. The molecule has 1 amide bonds. The molecule has 1 saturated carbocycles. The molecule has 126 valence electrons. The van der Waals surface area contributed by atoms with Crippen LogP contribution in [0.4, 0.5) is 0 Å². The predicted molar refractivity (Wildman–Crippen MR) is 90.5 cm³/mol. The monoisotopic (exact) mass is 337 g/mol. The van der Waals surface area contributed by atoms with Gasteiger partial charge in [-0.1, -0.05) is 31.4 Å². The minimum absolute atomic E-state index is 0.0377. The fourth-order valence-electron chi connectivity index (χ4n) is 3.25. The summed E-state index contributed by atoms with van der Waals surface area (Å²) in [5.74, 6) is 0.115. The Morgan fingerprint density at radius 3 is 2.48 bits per heavy atom. The molecule has 1 aliphatic carbocycles. The van der Waals surface area contributed by atoms with Gasteiger partial charge in [0, 0.05) is 23.2 Å². The summed E-state index contributed by atoms with van der Waals surface area (Å²) in [5.41, 5.74) is 0.608. The minimum atomic E-state index is -0.289. The van der Waals surface area contributed by atoms with Crippen molar-refractivity contribution in [2.45, 2.75) is 45.1 Å². The Bertz CT molecular complexity index is 544. The molecule has 0 aliphatic heterocycles. The second kappa shape index (κ2) is 8.34. The SMILES string of the molecule is COC(=O)CCN(C(=O)c1ccc(Cl)cc1)C1CCCCC1C. The first-order valence-corrected chi connectivity index (χ1v) is 8.54. The van der Waals surface area contributed by atoms with Gasteiger partial charge < -0.3 is 9.64 Å². The van der Waals surface area contributed by atoms with Gasteiger partial charge in [0.25, 0.3) is 5.91 Å². The van der Waals surface area contributed by atoms with Crippen LogP contribution in [0.1, 0.15) is 49.4 Å². The first kappa shape index (κ1) is 17.8. The van der Waals surface area contributed by atoms with Crippen LogP contribution in [0.5, 0.6) is 0 Å². The van der Waals surface area contributed by atoms with Crippen LogP contribution < -0.4 is 0 Å². The molecule has 0 bridgehead atoms. The van der Waals surface area contributed by atoms with Crippen molar-refractivity contribution in [3.63, 3.8) is 0 Å². The normalized spacial score (nSPS) is 20.8. The van der Waals surface area contributed by atoms with Crippen molar-refractivity contribution in [2.75, 3.05) is 13.7 Å². The summed E-state index contributed by atoms with van der Waals surface area (Å²) in [4.78, 5) is 26.3. The fraction of sp³-hybridized carbons (Fsp3) is 0.556. The highest BCUT2D eigenvalue weighted by atomic mass is 35.5. The van der Waals surface area contributed by atoms with Gasteiger partial charge in [-0.15, -0.1) is 0 Å². The zero-order valence-corrected chi connectivity index (χ0v) is 14.5. The maximum absolute atomic E-state index is 12.9. The number of methoxy groups -OCH3 is 1. The molecule has 1 fully saturated rings. The molecule has 5 heteroatoms. The van der Waals surface area contributed by atoms with E-state index in [0.717, 1.165) is 19.3 Å². The quantitative estimate of drug-likeness (QED) is 0.765. The number of nitrogens with zero attached hydrogens (tertiary/aromatic N) is 1. The van der Waals surface area contributed by atoms with E-state index in [1.165, 1.54) is 13.5 Å². The van der Waals surface area contributed by atoms with E-state index in [4.69, 9.17) is 16.3 Å².